The van der Waals surface area contributed by atoms with Gasteiger partial charge in [0.05, 0.1) is 5.02 Å². The number of benzene rings is 2. The zero-order valence-corrected chi connectivity index (χ0v) is 12.9. The third kappa shape index (κ3) is 4.40. The highest BCUT2D eigenvalue weighted by Gasteiger charge is 2.11. The van der Waals surface area contributed by atoms with E-state index in [0.717, 1.165) is 6.07 Å². The quantitative estimate of drug-likeness (QED) is 0.821. The summed E-state index contributed by atoms with van der Waals surface area (Å²) in [6, 6.07) is 10.1. The summed E-state index contributed by atoms with van der Waals surface area (Å²) < 4.78 is 13.1. The number of hydrogen-bond acceptors (Lipinski definition) is 2. The molecule has 0 aliphatic heterocycles. The molecule has 2 rings (SSSR count). The third-order valence-electron chi connectivity index (χ3n) is 2.97. The second-order valence-corrected chi connectivity index (χ2v) is 5.07. The number of amides is 2. The fraction of sp³-hybridized carbons (Fsp3) is 0.0588. The lowest BCUT2D eigenvalue weighted by Crippen LogP contribution is -2.23. The Hall–Kier alpha value is -2.66. The summed E-state index contributed by atoms with van der Waals surface area (Å²) in [5.41, 5.74) is 1.02. The van der Waals surface area contributed by atoms with Crippen molar-refractivity contribution in [1.82, 2.24) is 5.32 Å². The first-order valence-corrected chi connectivity index (χ1v) is 7.14. The zero-order chi connectivity index (χ0) is 16.8. The van der Waals surface area contributed by atoms with Crippen LogP contribution in [0.4, 0.5) is 10.1 Å². The molecule has 2 aromatic carbocycles. The van der Waals surface area contributed by atoms with Crippen LogP contribution in [0.2, 0.25) is 5.02 Å². The van der Waals surface area contributed by atoms with Gasteiger partial charge in [0.25, 0.3) is 11.8 Å². The van der Waals surface area contributed by atoms with Crippen molar-refractivity contribution in [1.29, 1.82) is 0 Å². The van der Waals surface area contributed by atoms with Gasteiger partial charge in [-0.15, -0.1) is 6.58 Å². The standard InChI is InChI=1S/C17H14ClFN2O2/c1-2-8-20-16(22)11-4-3-5-12(9-11)17(23)21-13-6-7-15(19)14(18)10-13/h2-7,9-10H,1,8H2,(H,20,22)(H,21,23). The third-order valence-corrected chi connectivity index (χ3v) is 3.26. The Bertz CT molecular complexity index is 762. The minimum absolute atomic E-state index is 0.0830. The maximum Gasteiger partial charge on any atom is 0.255 e. The van der Waals surface area contributed by atoms with Gasteiger partial charge in [-0.1, -0.05) is 23.7 Å². The van der Waals surface area contributed by atoms with Crippen molar-refractivity contribution in [3.05, 3.63) is 77.1 Å². The summed E-state index contributed by atoms with van der Waals surface area (Å²) in [4.78, 5) is 24.1. The largest absolute Gasteiger partial charge is 0.349 e. The molecule has 2 amide bonds. The molecule has 4 nitrogen and oxygen atoms in total. The molecule has 0 spiro atoms. The van der Waals surface area contributed by atoms with E-state index in [4.69, 9.17) is 11.6 Å². The summed E-state index contributed by atoms with van der Waals surface area (Å²) in [6.07, 6.45) is 1.56. The van der Waals surface area contributed by atoms with Crippen molar-refractivity contribution in [3.63, 3.8) is 0 Å². The van der Waals surface area contributed by atoms with Crippen molar-refractivity contribution in [2.75, 3.05) is 11.9 Å². The molecule has 2 aromatic rings. The molecule has 0 aliphatic carbocycles. The second kappa shape index (κ2) is 7.56. The van der Waals surface area contributed by atoms with Gasteiger partial charge in [0, 0.05) is 23.4 Å². The van der Waals surface area contributed by atoms with Crippen LogP contribution in [0, 0.1) is 5.82 Å². The normalized spacial score (nSPS) is 10.0. The van der Waals surface area contributed by atoms with E-state index in [2.05, 4.69) is 17.2 Å². The van der Waals surface area contributed by atoms with E-state index in [1.54, 1.807) is 24.3 Å². The molecule has 0 radical (unpaired) electrons. The molecule has 0 aromatic heterocycles. The molecule has 0 fully saturated rings. The van der Waals surface area contributed by atoms with Crippen LogP contribution in [0.15, 0.2) is 55.1 Å². The highest BCUT2D eigenvalue weighted by Crippen LogP contribution is 2.20. The smallest absolute Gasteiger partial charge is 0.255 e. The number of anilines is 1. The van der Waals surface area contributed by atoms with Gasteiger partial charge in [0.2, 0.25) is 0 Å². The molecule has 0 saturated carbocycles. The van der Waals surface area contributed by atoms with Crippen molar-refractivity contribution in [3.8, 4) is 0 Å². The number of nitrogens with one attached hydrogen (secondary N) is 2. The maximum absolute atomic E-state index is 13.1. The van der Waals surface area contributed by atoms with Crippen LogP contribution in [0.5, 0.6) is 0 Å². The predicted molar refractivity (Wildman–Crippen MR) is 88.3 cm³/mol. The summed E-state index contributed by atoms with van der Waals surface area (Å²) in [7, 11) is 0. The lowest BCUT2D eigenvalue weighted by Gasteiger charge is -2.08. The van der Waals surface area contributed by atoms with E-state index in [0.29, 0.717) is 23.4 Å². The Morgan fingerprint density at radius 3 is 2.48 bits per heavy atom. The number of carbonyl (C=O) groups excluding carboxylic acids is 2. The Morgan fingerprint density at radius 2 is 1.83 bits per heavy atom. The van der Waals surface area contributed by atoms with E-state index in [1.807, 2.05) is 0 Å². The van der Waals surface area contributed by atoms with Gasteiger partial charge in [-0.25, -0.2) is 4.39 Å². The first kappa shape index (κ1) is 16.7. The molecule has 0 unspecified atom stereocenters. The van der Waals surface area contributed by atoms with Crippen LogP contribution in [0.1, 0.15) is 20.7 Å². The lowest BCUT2D eigenvalue weighted by atomic mass is 10.1. The van der Waals surface area contributed by atoms with E-state index in [1.165, 1.54) is 18.2 Å². The topological polar surface area (TPSA) is 58.2 Å². The fourth-order valence-corrected chi connectivity index (χ4v) is 2.03. The molecular formula is C17H14ClFN2O2. The van der Waals surface area contributed by atoms with Gasteiger partial charge < -0.3 is 10.6 Å². The second-order valence-electron chi connectivity index (χ2n) is 4.66. The molecule has 0 saturated heterocycles. The Morgan fingerprint density at radius 1 is 1.13 bits per heavy atom. The van der Waals surface area contributed by atoms with Gasteiger partial charge >= 0.3 is 0 Å². The van der Waals surface area contributed by atoms with Crippen LogP contribution < -0.4 is 10.6 Å². The minimum Gasteiger partial charge on any atom is -0.349 e. The van der Waals surface area contributed by atoms with Crippen LogP contribution in [0.3, 0.4) is 0 Å². The molecule has 0 heterocycles. The first-order valence-electron chi connectivity index (χ1n) is 6.77. The summed E-state index contributed by atoms with van der Waals surface area (Å²) in [5.74, 6) is -1.29. The highest BCUT2D eigenvalue weighted by atomic mass is 35.5. The average molecular weight is 333 g/mol. The zero-order valence-electron chi connectivity index (χ0n) is 12.1. The molecule has 6 heteroatoms. The maximum atomic E-state index is 13.1. The molecule has 2 N–H and O–H groups in total. The molecular weight excluding hydrogens is 319 g/mol. The van der Waals surface area contributed by atoms with Gasteiger partial charge in [0.1, 0.15) is 5.82 Å². The Balaban J connectivity index is 2.14. The predicted octanol–water partition coefficient (Wildman–Crippen LogP) is 3.65. The van der Waals surface area contributed by atoms with Crippen molar-refractivity contribution in [2.24, 2.45) is 0 Å². The van der Waals surface area contributed by atoms with Crippen molar-refractivity contribution >= 4 is 29.1 Å². The van der Waals surface area contributed by atoms with Gasteiger partial charge in [0.15, 0.2) is 0 Å². The highest BCUT2D eigenvalue weighted by molar-refractivity contribution is 6.31. The van der Waals surface area contributed by atoms with Crippen LogP contribution in [-0.2, 0) is 0 Å². The van der Waals surface area contributed by atoms with Gasteiger partial charge in [-0.3, -0.25) is 9.59 Å². The Labute approximate surface area is 138 Å². The number of hydrogen-bond donors (Lipinski definition) is 2. The molecule has 118 valence electrons. The van der Waals surface area contributed by atoms with Crippen LogP contribution >= 0.6 is 11.6 Å². The van der Waals surface area contributed by atoms with Crippen LogP contribution in [-0.4, -0.2) is 18.4 Å². The van der Waals surface area contributed by atoms with Crippen molar-refractivity contribution < 1.29 is 14.0 Å². The molecule has 0 atom stereocenters. The van der Waals surface area contributed by atoms with Gasteiger partial charge in [-0.2, -0.15) is 0 Å². The van der Waals surface area contributed by atoms with E-state index < -0.39 is 11.7 Å². The van der Waals surface area contributed by atoms with Crippen molar-refractivity contribution in [2.45, 2.75) is 0 Å². The van der Waals surface area contributed by atoms with E-state index >= 15 is 0 Å². The Kier molecular flexibility index (Phi) is 5.49. The molecule has 0 aliphatic rings. The SMILES string of the molecule is C=CCNC(=O)c1cccc(C(=O)Nc2ccc(F)c(Cl)c2)c1. The average Bonchev–Trinajstić information content (AvgIpc) is 2.56. The first-order chi connectivity index (χ1) is 11.0. The van der Waals surface area contributed by atoms with E-state index in [-0.39, 0.29) is 10.9 Å². The summed E-state index contributed by atoms with van der Waals surface area (Å²) >= 11 is 5.67. The van der Waals surface area contributed by atoms with Crippen LogP contribution in [0.25, 0.3) is 0 Å². The summed E-state index contributed by atoms with van der Waals surface area (Å²) in [5, 5.41) is 5.14. The lowest BCUT2D eigenvalue weighted by molar-refractivity contribution is 0.0958. The molecule has 23 heavy (non-hydrogen) atoms. The number of carbonyl (C=O) groups is 2. The monoisotopic (exact) mass is 332 g/mol. The molecule has 0 bridgehead atoms. The van der Waals surface area contributed by atoms with Gasteiger partial charge in [-0.05, 0) is 36.4 Å². The fourth-order valence-electron chi connectivity index (χ4n) is 1.85. The number of rotatable bonds is 5. The number of halogens is 2. The minimum atomic E-state index is -0.564. The van der Waals surface area contributed by atoms with E-state index in [9.17, 15) is 14.0 Å². The summed E-state index contributed by atoms with van der Waals surface area (Å²) in [6.45, 7) is 3.85.